The minimum atomic E-state index is -0.494. The smallest absolute Gasteiger partial charge is 0.271 e. The first-order valence-electron chi connectivity index (χ1n) is 7.10. The molecule has 0 radical (unpaired) electrons. The minimum absolute atomic E-state index is 0.125. The Hall–Kier alpha value is -3.15. The molecule has 0 aliphatic carbocycles. The fraction of sp³-hybridized carbons (Fsp3) is 0.118. The van der Waals surface area contributed by atoms with E-state index < -0.39 is 11.8 Å². The molecule has 1 unspecified atom stereocenters. The first-order chi connectivity index (χ1) is 11.1. The number of aromatic nitrogens is 1. The van der Waals surface area contributed by atoms with Gasteiger partial charge in [0.05, 0.1) is 11.4 Å². The summed E-state index contributed by atoms with van der Waals surface area (Å²) in [6, 6.07) is 13.6. The van der Waals surface area contributed by atoms with Gasteiger partial charge in [-0.3, -0.25) is 4.79 Å². The topological polar surface area (TPSA) is 98.0 Å². The van der Waals surface area contributed by atoms with Crippen molar-refractivity contribution in [3.8, 4) is 11.6 Å². The summed E-state index contributed by atoms with van der Waals surface area (Å²) in [5.74, 6) is -0.911. The number of aromatic amines is 1. The summed E-state index contributed by atoms with van der Waals surface area (Å²) >= 11 is 0. The molecule has 116 valence electrons. The summed E-state index contributed by atoms with van der Waals surface area (Å²) in [5.41, 5.74) is 1.69. The first-order valence-corrected chi connectivity index (χ1v) is 7.10. The maximum atomic E-state index is 12.2. The van der Waals surface area contributed by atoms with Crippen molar-refractivity contribution in [3.05, 3.63) is 54.1 Å². The van der Waals surface area contributed by atoms with E-state index >= 15 is 0 Å². The molecule has 3 N–H and O–H groups in total. The van der Waals surface area contributed by atoms with E-state index in [1.165, 1.54) is 12.1 Å². The fourth-order valence-electron chi connectivity index (χ4n) is 2.31. The maximum absolute atomic E-state index is 12.2. The Bertz CT molecular complexity index is 882. The molecule has 1 amide bonds. The van der Waals surface area contributed by atoms with Gasteiger partial charge in [-0.1, -0.05) is 30.3 Å². The second-order valence-corrected chi connectivity index (χ2v) is 5.22. The van der Waals surface area contributed by atoms with Crippen molar-refractivity contribution in [3.63, 3.8) is 0 Å². The van der Waals surface area contributed by atoms with Crippen LogP contribution in [0.1, 0.15) is 18.4 Å². The Kier molecular flexibility index (Phi) is 3.80. The normalized spacial score (nSPS) is 12.7. The third-order valence-corrected chi connectivity index (χ3v) is 3.67. The molecule has 0 saturated carbocycles. The lowest BCUT2D eigenvalue weighted by Crippen LogP contribution is -2.05. The number of hydrogen-bond acceptors (Lipinski definition) is 4. The number of carbonyl (C=O) groups excluding carboxylic acids is 1. The Morgan fingerprint density at radius 3 is 2.52 bits per heavy atom. The van der Waals surface area contributed by atoms with Gasteiger partial charge in [0.25, 0.3) is 5.91 Å². The number of azo groups is 1. The Balaban J connectivity index is 1.85. The number of phenols is 1. The average Bonchev–Trinajstić information content (AvgIpc) is 2.88. The van der Waals surface area contributed by atoms with Gasteiger partial charge in [0.15, 0.2) is 5.69 Å². The molecule has 0 aliphatic heterocycles. The number of para-hydroxylation sites is 1. The molecular formula is C17H15N3O3. The lowest BCUT2D eigenvalue weighted by Gasteiger charge is -2.06. The predicted molar refractivity (Wildman–Crippen MR) is 86.0 cm³/mol. The summed E-state index contributed by atoms with van der Waals surface area (Å²) < 4.78 is 0. The third-order valence-electron chi connectivity index (χ3n) is 3.67. The van der Waals surface area contributed by atoms with Crippen LogP contribution in [0.4, 0.5) is 5.69 Å². The number of rotatable bonds is 3. The minimum Gasteiger partial charge on any atom is -0.508 e. The van der Waals surface area contributed by atoms with E-state index in [0.29, 0.717) is 5.39 Å². The number of carbonyl (C=O) groups is 1. The van der Waals surface area contributed by atoms with E-state index in [1.54, 1.807) is 31.2 Å². The molecule has 1 atom stereocenters. The second-order valence-electron chi connectivity index (χ2n) is 5.22. The number of aromatic hydroxyl groups is 2. The van der Waals surface area contributed by atoms with Crippen LogP contribution in [0.2, 0.25) is 0 Å². The van der Waals surface area contributed by atoms with Crippen LogP contribution in [0.15, 0.2) is 58.8 Å². The van der Waals surface area contributed by atoms with Crippen molar-refractivity contribution < 1.29 is 15.0 Å². The zero-order chi connectivity index (χ0) is 16.4. The number of nitrogens with zero attached hydrogens (tertiary/aromatic N) is 2. The number of nitrogens with one attached hydrogen (secondary N) is 1. The van der Waals surface area contributed by atoms with Crippen molar-refractivity contribution in [1.82, 2.24) is 4.98 Å². The van der Waals surface area contributed by atoms with Gasteiger partial charge in [0.1, 0.15) is 5.75 Å². The summed E-state index contributed by atoms with van der Waals surface area (Å²) in [4.78, 5) is 14.9. The highest BCUT2D eigenvalue weighted by Gasteiger charge is 2.16. The molecule has 1 heterocycles. The molecule has 0 spiro atoms. The van der Waals surface area contributed by atoms with Crippen molar-refractivity contribution in [2.75, 3.05) is 0 Å². The molecule has 6 nitrogen and oxygen atoms in total. The number of hydrogen-bond donors (Lipinski definition) is 3. The quantitative estimate of drug-likeness (QED) is 0.638. The van der Waals surface area contributed by atoms with Gasteiger partial charge in [-0.15, -0.1) is 10.2 Å². The van der Waals surface area contributed by atoms with Gasteiger partial charge in [0.2, 0.25) is 5.88 Å². The first kappa shape index (κ1) is 14.8. The molecule has 0 bridgehead atoms. The van der Waals surface area contributed by atoms with E-state index in [-0.39, 0.29) is 17.3 Å². The van der Waals surface area contributed by atoms with E-state index in [2.05, 4.69) is 15.2 Å². The highest BCUT2D eigenvalue weighted by atomic mass is 16.3. The third kappa shape index (κ3) is 2.91. The van der Waals surface area contributed by atoms with E-state index in [0.717, 1.165) is 11.1 Å². The number of H-pyrrole nitrogens is 1. The summed E-state index contributed by atoms with van der Waals surface area (Å²) in [7, 11) is 0. The lowest BCUT2D eigenvalue weighted by molar-refractivity contribution is -0.119. The summed E-state index contributed by atoms with van der Waals surface area (Å²) in [6.07, 6.45) is 0. The zero-order valence-corrected chi connectivity index (χ0v) is 12.4. The fourth-order valence-corrected chi connectivity index (χ4v) is 2.31. The lowest BCUT2D eigenvalue weighted by atomic mass is 10.0. The number of amides is 1. The van der Waals surface area contributed by atoms with Crippen molar-refractivity contribution in [2.45, 2.75) is 12.8 Å². The molecule has 3 rings (SSSR count). The molecule has 1 aromatic heterocycles. The number of phenolic OH excluding ortho intramolecular Hbond substituents is 1. The predicted octanol–water partition coefficient (Wildman–Crippen LogP) is 3.99. The summed E-state index contributed by atoms with van der Waals surface area (Å²) in [6.45, 7) is 1.71. The van der Waals surface area contributed by atoms with Gasteiger partial charge in [0, 0.05) is 5.39 Å². The molecule has 2 aromatic carbocycles. The van der Waals surface area contributed by atoms with Crippen molar-refractivity contribution in [2.24, 2.45) is 10.2 Å². The van der Waals surface area contributed by atoms with Gasteiger partial charge in [-0.05, 0) is 30.7 Å². The van der Waals surface area contributed by atoms with Gasteiger partial charge in [-0.2, -0.15) is 0 Å². The molecule has 3 aromatic rings. The molecule has 0 aliphatic rings. The van der Waals surface area contributed by atoms with Crippen molar-refractivity contribution >= 4 is 22.5 Å². The van der Waals surface area contributed by atoms with E-state index in [9.17, 15) is 15.0 Å². The standard InChI is InChI=1S/C17H15N3O3/c1-10(11-6-8-12(21)9-7-11)16(22)20-19-15-13-4-2-3-5-14(13)18-17(15)23/h2-10,18,21,23H,1H3. The summed E-state index contributed by atoms with van der Waals surface area (Å²) in [5, 5.41) is 27.5. The maximum Gasteiger partial charge on any atom is 0.271 e. The van der Waals surface area contributed by atoms with Crippen LogP contribution in [0.3, 0.4) is 0 Å². The van der Waals surface area contributed by atoms with Crippen LogP contribution in [0.5, 0.6) is 11.6 Å². The van der Waals surface area contributed by atoms with Crippen LogP contribution in [-0.2, 0) is 4.79 Å². The van der Waals surface area contributed by atoms with E-state index in [1.807, 2.05) is 12.1 Å². The average molecular weight is 309 g/mol. The van der Waals surface area contributed by atoms with Crippen LogP contribution >= 0.6 is 0 Å². The van der Waals surface area contributed by atoms with Crippen LogP contribution in [0.25, 0.3) is 10.9 Å². The molecule has 0 fully saturated rings. The SMILES string of the molecule is CC(C(=O)N=Nc1c(O)[nH]c2ccccc12)c1ccc(O)cc1. The molecular weight excluding hydrogens is 294 g/mol. The molecule has 23 heavy (non-hydrogen) atoms. The second kappa shape index (κ2) is 5.92. The molecule has 0 saturated heterocycles. The number of fused-ring (bicyclic) bond motifs is 1. The van der Waals surface area contributed by atoms with E-state index in [4.69, 9.17) is 0 Å². The highest BCUT2D eigenvalue weighted by Crippen LogP contribution is 2.35. The van der Waals surface area contributed by atoms with Crippen molar-refractivity contribution in [1.29, 1.82) is 0 Å². The number of benzene rings is 2. The van der Waals surface area contributed by atoms with Crippen LogP contribution < -0.4 is 0 Å². The van der Waals surface area contributed by atoms with Crippen LogP contribution in [0, 0.1) is 0 Å². The molecule has 6 heteroatoms. The Morgan fingerprint density at radius 2 is 1.78 bits per heavy atom. The van der Waals surface area contributed by atoms with Gasteiger partial charge in [-0.25, -0.2) is 0 Å². The Morgan fingerprint density at radius 1 is 1.09 bits per heavy atom. The largest absolute Gasteiger partial charge is 0.508 e. The highest BCUT2D eigenvalue weighted by molar-refractivity contribution is 5.94. The Labute approximate surface area is 132 Å². The monoisotopic (exact) mass is 309 g/mol. The zero-order valence-electron chi connectivity index (χ0n) is 12.4. The van der Waals surface area contributed by atoms with Gasteiger partial charge < -0.3 is 15.2 Å². The van der Waals surface area contributed by atoms with Crippen LogP contribution in [-0.4, -0.2) is 21.1 Å². The van der Waals surface area contributed by atoms with Gasteiger partial charge >= 0.3 is 0 Å².